The normalized spacial score (nSPS) is 22.7. The molecule has 0 atom stereocenters. The molecule has 3 nitrogen and oxygen atoms in total. The summed E-state index contributed by atoms with van der Waals surface area (Å²) in [5.41, 5.74) is 8.66. The van der Waals surface area contributed by atoms with Gasteiger partial charge in [0.1, 0.15) is 0 Å². The van der Waals surface area contributed by atoms with Gasteiger partial charge in [-0.15, -0.1) is 0 Å². The van der Waals surface area contributed by atoms with Crippen molar-refractivity contribution in [1.82, 2.24) is 4.98 Å². The number of piperidine rings is 1. The van der Waals surface area contributed by atoms with Crippen LogP contribution in [-0.4, -0.2) is 18.1 Å². The fourth-order valence-electron chi connectivity index (χ4n) is 3.78. The average molecular weight is 324 g/mol. The molecule has 104 valence electrons. The predicted octanol–water partition coefficient (Wildman–Crippen LogP) is 3.98. The third-order valence-electron chi connectivity index (χ3n) is 4.96. The zero-order chi connectivity index (χ0) is 13.3. The molecule has 2 N–H and O–H groups in total. The van der Waals surface area contributed by atoms with Crippen LogP contribution >= 0.6 is 15.9 Å². The van der Waals surface area contributed by atoms with Gasteiger partial charge >= 0.3 is 0 Å². The first-order valence-electron chi connectivity index (χ1n) is 7.34. The zero-order valence-electron chi connectivity index (χ0n) is 11.4. The maximum Gasteiger partial charge on any atom is 0.0776 e. The Balaban J connectivity index is 1.73. The van der Waals surface area contributed by atoms with Crippen LogP contribution in [0.25, 0.3) is 0 Å². The number of rotatable bonds is 1. The van der Waals surface area contributed by atoms with Crippen LogP contribution < -0.4 is 10.6 Å². The number of hydrogen-bond donors (Lipinski definition) is 1. The number of hydrogen-bond acceptors (Lipinski definition) is 3. The highest BCUT2D eigenvalue weighted by Gasteiger charge is 2.36. The van der Waals surface area contributed by atoms with E-state index in [-0.39, 0.29) is 0 Å². The van der Waals surface area contributed by atoms with Gasteiger partial charge in [0.25, 0.3) is 0 Å². The molecular weight excluding hydrogens is 302 g/mol. The number of pyridine rings is 1. The highest BCUT2D eigenvalue weighted by Crippen LogP contribution is 2.46. The van der Waals surface area contributed by atoms with Gasteiger partial charge in [-0.25, -0.2) is 0 Å². The van der Waals surface area contributed by atoms with E-state index in [1.165, 1.54) is 44.9 Å². The van der Waals surface area contributed by atoms with E-state index in [0.717, 1.165) is 28.9 Å². The predicted molar refractivity (Wildman–Crippen MR) is 83.3 cm³/mol. The van der Waals surface area contributed by atoms with Crippen LogP contribution in [0.5, 0.6) is 0 Å². The second-order valence-corrected chi connectivity index (χ2v) is 6.96. The van der Waals surface area contributed by atoms with Crippen molar-refractivity contribution in [2.75, 3.05) is 23.7 Å². The van der Waals surface area contributed by atoms with Crippen molar-refractivity contribution < 1.29 is 0 Å². The molecule has 1 spiro atoms. The summed E-state index contributed by atoms with van der Waals surface area (Å²) in [5, 5.41) is 0. The molecule has 1 saturated carbocycles. The van der Waals surface area contributed by atoms with Crippen molar-refractivity contribution in [3.8, 4) is 0 Å². The molecular formula is C15H22BrN3. The Morgan fingerprint density at radius 2 is 1.74 bits per heavy atom. The van der Waals surface area contributed by atoms with Crippen molar-refractivity contribution in [3.05, 3.63) is 16.9 Å². The third-order valence-corrected chi connectivity index (χ3v) is 5.54. The number of anilines is 2. The van der Waals surface area contributed by atoms with Crippen LogP contribution in [-0.2, 0) is 0 Å². The van der Waals surface area contributed by atoms with Crippen molar-refractivity contribution in [2.45, 2.75) is 44.9 Å². The molecule has 3 rings (SSSR count). The molecule has 2 aliphatic rings. The van der Waals surface area contributed by atoms with E-state index in [1.54, 1.807) is 6.20 Å². The van der Waals surface area contributed by atoms with Gasteiger partial charge in [-0.2, -0.15) is 0 Å². The van der Waals surface area contributed by atoms with Gasteiger partial charge in [-0.05, 0) is 47.0 Å². The maximum absolute atomic E-state index is 6.09. The smallest absolute Gasteiger partial charge is 0.0776 e. The van der Waals surface area contributed by atoms with E-state index >= 15 is 0 Å². The zero-order valence-corrected chi connectivity index (χ0v) is 13.0. The van der Waals surface area contributed by atoms with E-state index in [2.05, 4.69) is 25.8 Å². The molecule has 0 unspecified atom stereocenters. The summed E-state index contributed by atoms with van der Waals surface area (Å²) in [7, 11) is 0. The lowest BCUT2D eigenvalue weighted by atomic mass is 9.68. The monoisotopic (exact) mass is 323 g/mol. The Morgan fingerprint density at radius 1 is 1.05 bits per heavy atom. The molecule has 0 bridgehead atoms. The van der Waals surface area contributed by atoms with Gasteiger partial charge in [0.05, 0.1) is 22.0 Å². The number of nitrogens with zero attached hydrogens (tertiary/aromatic N) is 2. The lowest BCUT2D eigenvalue weighted by Gasteiger charge is -2.45. The minimum Gasteiger partial charge on any atom is -0.396 e. The summed E-state index contributed by atoms with van der Waals surface area (Å²) < 4.78 is 1.02. The van der Waals surface area contributed by atoms with E-state index in [1.807, 2.05) is 6.20 Å². The number of nitrogen functional groups attached to an aromatic ring is 1. The van der Waals surface area contributed by atoms with E-state index in [0.29, 0.717) is 5.41 Å². The molecule has 0 aromatic carbocycles. The van der Waals surface area contributed by atoms with Gasteiger partial charge in [0.15, 0.2) is 0 Å². The summed E-state index contributed by atoms with van der Waals surface area (Å²) in [6.45, 7) is 2.26. The number of aromatic nitrogens is 1. The highest BCUT2D eigenvalue weighted by molar-refractivity contribution is 9.10. The molecule has 19 heavy (non-hydrogen) atoms. The quantitative estimate of drug-likeness (QED) is 0.850. The number of nitrogens with two attached hydrogens (primary N) is 1. The van der Waals surface area contributed by atoms with Crippen molar-refractivity contribution in [2.24, 2.45) is 5.41 Å². The minimum atomic E-state index is 0.642. The SMILES string of the molecule is Nc1cncc(Br)c1N1CCC2(CCCCC2)CC1. The first-order valence-corrected chi connectivity index (χ1v) is 8.13. The second kappa shape index (κ2) is 5.31. The molecule has 1 aliphatic heterocycles. The van der Waals surface area contributed by atoms with Crippen molar-refractivity contribution in [3.63, 3.8) is 0 Å². The standard InChI is InChI=1S/C15H22BrN3/c16-12-10-18-11-13(17)14(12)19-8-6-15(7-9-19)4-2-1-3-5-15/h10-11H,1-9,17H2. The van der Waals surface area contributed by atoms with Crippen LogP contribution in [0.3, 0.4) is 0 Å². The highest BCUT2D eigenvalue weighted by atomic mass is 79.9. The van der Waals surface area contributed by atoms with E-state index < -0.39 is 0 Å². The fourth-order valence-corrected chi connectivity index (χ4v) is 4.38. The molecule has 1 aromatic heterocycles. The molecule has 2 heterocycles. The van der Waals surface area contributed by atoms with E-state index in [9.17, 15) is 0 Å². The largest absolute Gasteiger partial charge is 0.396 e. The van der Waals surface area contributed by atoms with Gasteiger partial charge < -0.3 is 10.6 Å². The van der Waals surface area contributed by atoms with Crippen LogP contribution in [0, 0.1) is 5.41 Å². The number of halogens is 1. The summed E-state index contributed by atoms with van der Waals surface area (Å²) >= 11 is 3.59. The van der Waals surface area contributed by atoms with Crippen LogP contribution in [0.2, 0.25) is 0 Å². The maximum atomic E-state index is 6.09. The molecule has 0 radical (unpaired) electrons. The Labute approximate surface area is 123 Å². The second-order valence-electron chi connectivity index (χ2n) is 6.11. The van der Waals surface area contributed by atoms with Crippen LogP contribution in [0.4, 0.5) is 11.4 Å². The minimum absolute atomic E-state index is 0.642. The molecule has 1 aliphatic carbocycles. The summed E-state index contributed by atoms with van der Waals surface area (Å²) in [6.07, 6.45) is 13.4. The molecule has 0 amide bonds. The lowest BCUT2D eigenvalue weighted by Crippen LogP contribution is -2.41. The Morgan fingerprint density at radius 3 is 2.37 bits per heavy atom. The Hall–Kier alpha value is -0.770. The van der Waals surface area contributed by atoms with Crippen LogP contribution in [0.15, 0.2) is 16.9 Å². The van der Waals surface area contributed by atoms with Gasteiger partial charge in [0.2, 0.25) is 0 Å². The summed E-state index contributed by atoms with van der Waals surface area (Å²) in [4.78, 5) is 6.56. The first kappa shape index (κ1) is 13.2. The summed E-state index contributed by atoms with van der Waals surface area (Å²) in [5.74, 6) is 0. The van der Waals surface area contributed by atoms with Gasteiger partial charge in [-0.1, -0.05) is 19.3 Å². The molecule has 4 heteroatoms. The van der Waals surface area contributed by atoms with Crippen molar-refractivity contribution in [1.29, 1.82) is 0 Å². The van der Waals surface area contributed by atoms with Gasteiger partial charge in [0, 0.05) is 19.3 Å². The first-order chi connectivity index (χ1) is 9.20. The molecule has 1 aromatic rings. The Bertz CT molecular complexity index is 424. The topological polar surface area (TPSA) is 42.1 Å². The average Bonchev–Trinajstić information content (AvgIpc) is 2.42. The molecule has 1 saturated heterocycles. The summed E-state index contributed by atoms with van der Waals surface area (Å²) in [6, 6.07) is 0. The van der Waals surface area contributed by atoms with Gasteiger partial charge in [-0.3, -0.25) is 4.98 Å². The fraction of sp³-hybridized carbons (Fsp3) is 0.667. The van der Waals surface area contributed by atoms with Crippen molar-refractivity contribution >= 4 is 27.3 Å². The van der Waals surface area contributed by atoms with E-state index in [4.69, 9.17) is 5.73 Å². The lowest BCUT2D eigenvalue weighted by molar-refractivity contribution is 0.144. The van der Waals surface area contributed by atoms with Crippen LogP contribution in [0.1, 0.15) is 44.9 Å². The Kier molecular flexibility index (Phi) is 3.70. The third kappa shape index (κ3) is 2.60. The molecule has 2 fully saturated rings.